The molecule has 102 valence electrons. The zero-order chi connectivity index (χ0) is 13.8. The molecule has 0 saturated carbocycles. The van der Waals surface area contributed by atoms with E-state index in [1.165, 1.54) is 12.1 Å². The molecule has 0 aliphatic heterocycles. The lowest BCUT2D eigenvalue weighted by atomic mass is 10.1. The summed E-state index contributed by atoms with van der Waals surface area (Å²) in [7, 11) is -3.33. The Morgan fingerprint density at radius 1 is 1.22 bits per heavy atom. The van der Waals surface area contributed by atoms with Gasteiger partial charge in [-0.2, -0.15) is 13.2 Å². The van der Waals surface area contributed by atoms with Crippen LogP contribution in [0.4, 0.5) is 13.2 Å². The van der Waals surface area contributed by atoms with Crippen LogP contribution >= 0.6 is 0 Å². The highest BCUT2D eigenvalue weighted by Crippen LogP contribution is 2.29. The summed E-state index contributed by atoms with van der Waals surface area (Å²) in [5.41, 5.74) is -0.633. The van der Waals surface area contributed by atoms with Crippen molar-refractivity contribution in [2.75, 3.05) is 5.75 Å². The number of sulfone groups is 1. The molecule has 0 atom stereocenters. The predicted octanol–water partition coefficient (Wildman–Crippen LogP) is 3.42. The van der Waals surface area contributed by atoms with E-state index in [1.54, 1.807) is 0 Å². The van der Waals surface area contributed by atoms with Crippen molar-refractivity contribution in [1.29, 1.82) is 0 Å². The van der Waals surface area contributed by atoms with Crippen molar-refractivity contribution in [3.8, 4) is 0 Å². The summed E-state index contributed by atoms with van der Waals surface area (Å²) in [5.74, 6) is -0.323. The molecule has 0 saturated heterocycles. The van der Waals surface area contributed by atoms with E-state index < -0.39 is 21.6 Å². The molecule has 1 aromatic carbocycles. The third-order valence-corrected chi connectivity index (χ3v) is 4.13. The van der Waals surface area contributed by atoms with Crippen LogP contribution in [0, 0.1) is 0 Å². The van der Waals surface area contributed by atoms with Crippen molar-refractivity contribution < 1.29 is 21.6 Å². The van der Waals surface area contributed by atoms with Crippen LogP contribution in [-0.4, -0.2) is 14.2 Å². The van der Waals surface area contributed by atoms with Gasteiger partial charge in [-0.25, -0.2) is 8.42 Å². The number of alkyl halides is 3. The summed E-state index contributed by atoms with van der Waals surface area (Å²) < 4.78 is 60.6. The van der Waals surface area contributed by atoms with Crippen LogP contribution in [0.2, 0.25) is 0 Å². The van der Waals surface area contributed by atoms with Crippen LogP contribution in [-0.2, 0) is 21.8 Å². The molecule has 0 bridgehead atoms. The van der Waals surface area contributed by atoms with Crippen LogP contribution < -0.4 is 0 Å². The largest absolute Gasteiger partial charge is 0.416 e. The fourth-order valence-corrected chi connectivity index (χ4v) is 3.09. The van der Waals surface area contributed by atoms with E-state index in [4.69, 9.17) is 0 Å². The summed E-state index contributed by atoms with van der Waals surface area (Å²) in [6.45, 7) is 1.86. The molecule has 0 aromatic heterocycles. The van der Waals surface area contributed by atoms with Crippen LogP contribution in [0.15, 0.2) is 24.3 Å². The Kier molecular flexibility index (Phi) is 4.78. The molecular weight excluding hydrogens is 265 g/mol. The molecule has 0 N–H and O–H groups in total. The summed E-state index contributed by atoms with van der Waals surface area (Å²) in [6, 6.07) is 4.46. The molecule has 0 spiro atoms. The number of unbranched alkanes of at least 4 members (excludes halogenated alkanes) is 1. The van der Waals surface area contributed by atoms with Gasteiger partial charge in [0.1, 0.15) is 0 Å². The molecule has 0 heterocycles. The third kappa shape index (κ3) is 4.68. The lowest BCUT2D eigenvalue weighted by Crippen LogP contribution is -2.11. The smallest absolute Gasteiger partial charge is 0.228 e. The van der Waals surface area contributed by atoms with E-state index in [-0.39, 0.29) is 17.1 Å². The molecule has 1 aromatic rings. The summed E-state index contributed by atoms with van der Waals surface area (Å²) in [5, 5.41) is 0. The number of rotatable bonds is 5. The highest BCUT2D eigenvalue weighted by molar-refractivity contribution is 7.90. The van der Waals surface area contributed by atoms with Crippen molar-refractivity contribution in [3.63, 3.8) is 0 Å². The quantitative estimate of drug-likeness (QED) is 0.828. The topological polar surface area (TPSA) is 34.1 Å². The van der Waals surface area contributed by atoms with E-state index in [1.807, 2.05) is 6.92 Å². The molecule has 1 rings (SSSR count). The zero-order valence-corrected chi connectivity index (χ0v) is 10.8. The Labute approximate surface area is 105 Å². The molecule has 0 radical (unpaired) electrons. The van der Waals surface area contributed by atoms with Gasteiger partial charge in [-0.1, -0.05) is 31.5 Å². The van der Waals surface area contributed by atoms with Crippen molar-refractivity contribution in [2.45, 2.75) is 31.7 Å². The molecular formula is C12H15F3O2S. The Hall–Kier alpha value is -1.04. The molecule has 6 heteroatoms. The van der Waals surface area contributed by atoms with Gasteiger partial charge in [0, 0.05) is 0 Å². The zero-order valence-electron chi connectivity index (χ0n) is 10.00. The van der Waals surface area contributed by atoms with Gasteiger partial charge in [-0.15, -0.1) is 0 Å². The first-order valence-electron chi connectivity index (χ1n) is 5.61. The minimum atomic E-state index is -4.44. The monoisotopic (exact) mass is 280 g/mol. The fourth-order valence-electron chi connectivity index (χ4n) is 1.53. The maximum atomic E-state index is 12.5. The van der Waals surface area contributed by atoms with Crippen molar-refractivity contribution >= 4 is 9.84 Å². The first kappa shape index (κ1) is 15.0. The average molecular weight is 280 g/mol. The van der Waals surface area contributed by atoms with Crippen molar-refractivity contribution in [1.82, 2.24) is 0 Å². The molecule has 0 amide bonds. The molecule has 0 aliphatic carbocycles. The standard InChI is InChI=1S/C12H15F3O2S/c1-2-3-7-18(16,17)9-10-5-4-6-11(8-10)12(13,14)15/h4-6,8H,2-3,7,9H2,1H3. The number of hydrogen-bond donors (Lipinski definition) is 0. The summed E-state index contributed by atoms with van der Waals surface area (Å²) >= 11 is 0. The van der Waals surface area contributed by atoms with Gasteiger partial charge in [0.05, 0.1) is 17.1 Å². The third-order valence-electron chi connectivity index (χ3n) is 2.45. The van der Waals surface area contributed by atoms with Gasteiger partial charge >= 0.3 is 6.18 Å². The number of hydrogen-bond acceptors (Lipinski definition) is 2. The van der Waals surface area contributed by atoms with E-state index in [0.717, 1.165) is 18.6 Å². The second-order valence-electron chi connectivity index (χ2n) is 4.14. The lowest BCUT2D eigenvalue weighted by Gasteiger charge is -2.09. The van der Waals surface area contributed by atoms with Gasteiger partial charge in [0.2, 0.25) is 0 Å². The summed E-state index contributed by atoms with van der Waals surface area (Å²) in [4.78, 5) is 0. The Morgan fingerprint density at radius 2 is 1.89 bits per heavy atom. The first-order chi connectivity index (χ1) is 8.24. The van der Waals surface area contributed by atoms with E-state index in [0.29, 0.717) is 6.42 Å². The van der Waals surface area contributed by atoms with E-state index in [9.17, 15) is 21.6 Å². The summed E-state index contributed by atoms with van der Waals surface area (Å²) in [6.07, 6.45) is -3.17. The van der Waals surface area contributed by atoms with Crippen molar-refractivity contribution in [3.05, 3.63) is 35.4 Å². The lowest BCUT2D eigenvalue weighted by molar-refractivity contribution is -0.137. The predicted molar refractivity (Wildman–Crippen MR) is 63.8 cm³/mol. The van der Waals surface area contributed by atoms with Gasteiger partial charge in [0.15, 0.2) is 9.84 Å². The minimum Gasteiger partial charge on any atom is -0.228 e. The van der Waals surface area contributed by atoms with Crippen LogP contribution in [0.3, 0.4) is 0 Å². The minimum absolute atomic E-state index is 0.0136. The van der Waals surface area contributed by atoms with Gasteiger partial charge in [0.25, 0.3) is 0 Å². The van der Waals surface area contributed by atoms with Crippen LogP contribution in [0.1, 0.15) is 30.9 Å². The van der Waals surface area contributed by atoms with Gasteiger partial charge < -0.3 is 0 Å². The van der Waals surface area contributed by atoms with Crippen molar-refractivity contribution in [2.24, 2.45) is 0 Å². The molecule has 0 fully saturated rings. The Bertz CT molecular complexity index is 492. The molecule has 0 unspecified atom stereocenters. The van der Waals surface area contributed by atoms with Crippen LogP contribution in [0.25, 0.3) is 0 Å². The maximum absolute atomic E-state index is 12.5. The number of halogens is 3. The normalized spacial score (nSPS) is 12.7. The highest BCUT2D eigenvalue weighted by Gasteiger charge is 2.30. The molecule has 0 aliphatic rings. The Balaban J connectivity index is 2.86. The van der Waals surface area contributed by atoms with Gasteiger partial charge in [-0.3, -0.25) is 0 Å². The second-order valence-corrected chi connectivity index (χ2v) is 6.33. The number of benzene rings is 1. The maximum Gasteiger partial charge on any atom is 0.416 e. The average Bonchev–Trinajstić information content (AvgIpc) is 2.25. The fraction of sp³-hybridized carbons (Fsp3) is 0.500. The van der Waals surface area contributed by atoms with E-state index in [2.05, 4.69) is 0 Å². The Morgan fingerprint density at radius 3 is 2.44 bits per heavy atom. The first-order valence-corrected chi connectivity index (χ1v) is 7.43. The molecule has 2 nitrogen and oxygen atoms in total. The molecule has 18 heavy (non-hydrogen) atoms. The van der Waals surface area contributed by atoms with Crippen LogP contribution in [0.5, 0.6) is 0 Å². The SMILES string of the molecule is CCCCS(=O)(=O)Cc1cccc(C(F)(F)F)c1. The van der Waals surface area contributed by atoms with E-state index >= 15 is 0 Å². The highest BCUT2D eigenvalue weighted by atomic mass is 32.2. The second kappa shape index (κ2) is 5.73. The van der Waals surface area contributed by atoms with Gasteiger partial charge in [-0.05, 0) is 18.1 Å².